The fraction of sp³-hybridized carbons (Fsp3) is 0.600. The standard InChI is InChI=1S/C15H23N3O/c1-11(13-7-9-16-10-8-13)17-12(2)15(19)18-14-5-3-4-6-14/h7-12,14,17H,3-6H2,1-2H3,(H,18,19)/t11-,12?/m0/s1. The molecule has 1 aromatic rings. The zero-order chi connectivity index (χ0) is 13.7. The molecule has 0 saturated heterocycles. The van der Waals surface area contributed by atoms with Gasteiger partial charge < -0.3 is 5.32 Å². The number of aromatic nitrogens is 1. The molecule has 0 spiro atoms. The lowest BCUT2D eigenvalue weighted by Crippen LogP contribution is -2.46. The number of nitrogens with one attached hydrogen (secondary N) is 2. The fourth-order valence-corrected chi connectivity index (χ4v) is 2.60. The van der Waals surface area contributed by atoms with Crippen LogP contribution in [-0.2, 0) is 4.79 Å². The van der Waals surface area contributed by atoms with E-state index in [2.05, 4.69) is 22.5 Å². The number of hydrogen-bond donors (Lipinski definition) is 2. The molecular weight excluding hydrogens is 238 g/mol. The molecule has 2 rings (SSSR count). The highest BCUT2D eigenvalue weighted by Gasteiger charge is 2.21. The van der Waals surface area contributed by atoms with Gasteiger partial charge in [0.2, 0.25) is 5.91 Å². The van der Waals surface area contributed by atoms with Crippen LogP contribution in [-0.4, -0.2) is 23.0 Å². The molecule has 1 aliphatic carbocycles. The Morgan fingerprint density at radius 1 is 1.26 bits per heavy atom. The summed E-state index contributed by atoms with van der Waals surface area (Å²) in [5, 5.41) is 6.45. The van der Waals surface area contributed by atoms with Crippen LogP contribution < -0.4 is 10.6 Å². The van der Waals surface area contributed by atoms with Crippen LogP contribution in [0.1, 0.15) is 51.1 Å². The largest absolute Gasteiger partial charge is 0.352 e. The average Bonchev–Trinajstić information content (AvgIpc) is 2.92. The minimum atomic E-state index is -0.177. The van der Waals surface area contributed by atoms with Gasteiger partial charge in [-0.25, -0.2) is 0 Å². The van der Waals surface area contributed by atoms with Crippen LogP contribution in [0.25, 0.3) is 0 Å². The molecule has 1 aromatic heterocycles. The van der Waals surface area contributed by atoms with E-state index in [4.69, 9.17) is 0 Å². The van der Waals surface area contributed by atoms with Crippen molar-refractivity contribution in [1.29, 1.82) is 0 Å². The van der Waals surface area contributed by atoms with Crippen LogP contribution in [0.4, 0.5) is 0 Å². The summed E-state index contributed by atoms with van der Waals surface area (Å²) in [6.07, 6.45) is 8.27. The van der Waals surface area contributed by atoms with Crippen molar-refractivity contribution < 1.29 is 4.79 Å². The molecule has 2 atom stereocenters. The third-order valence-corrected chi connectivity index (χ3v) is 3.80. The van der Waals surface area contributed by atoms with E-state index in [1.807, 2.05) is 19.1 Å². The summed E-state index contributed by atoms with van der Waals surface area (Å²) >= 11 is 0. The van der Waals surface area contributed by atoms with Crippen molar-refractivity contribution in [3.05, 3.63) is 30.1 Å². The molecule has 1 heterocycles. The van der Waals surface area contributed by atoms with Crippen molar-refractivity contribution in [1.82, 2.24) is 15.6 Å². The van der Waals surface area contributed by atoms with Crippen molar-refractivity contribution in [2.45, 2.75) is 57.7 Å². The van der Waals surface area contributed by atoms with E-state index in [1.165, 1.54) is 12.8 Å². The lowest BCUT2D eigenvalue weighted by atomic mass is 10.1. The lowest BCUT2D eigenvalue weighted by Gasteiger charge is -2.21. The number of amides is 1. The summed E-state index contributed by atoms with van der Waals surface area (Å²) in [5.41, 5.74) is 1.15. The third kappa shape index (κ3) is 4.03. The van der Waals surface area contributed by atoms with E-state index in [9.17, 15) is 4.79 Å². The number of hydrogen-bond acceptors (Lipinski definition) is 3. The molecule has 1 saturated carbocycles. The molecule has 104 valence electrons. The van der Waals surface area contributed by atoms with Crippen molar-refractivity contribution >= 4 is 5.91 Å². The summed E-state index contributed by atoms with van der Waals surface area (Å²) in [6, 6.07) is 4.29. The molecule has 19 heavy (non-hydrogen) atoms. The van der Waals surface area contributed by atoms with Gasteiger partial charge in [0.15, 0.2) is 0 Å². The smallest absolute Gasteiger partial charge is 0.237 e. The van der Waals surface area contributed by atoms with Gasteiger partial charge in [0, 0.05) is 24.5 Å². The summed E-state index contributed by atoms with van der Waals surface area (Å²) in [6.45, 7) is 3.98. The Balaban J connectivity index is 1.82. The zero-order valence-corrected chi connectivity index (χ0v) is 11.7. The maximum absolute atomic E-state index is 12.1. The van der Waals surface area contributed by atoms with E-state index >= 15 is 0 Å². The molecule has 0 aliphatic heterocycles. The Hall–Kier alpha value is -1.42. The van der Waals surface area contributed by atoms with Crippen molar-refractivity contribution in [3.63, 3.8) is 0 Å². The van der Waals surface area contributed by atoms with Crippen LogP contribution in [0.2, 0.25) is 0 Å². The highest BCUT2D eigenvalue weighted by atomic mass is 16.2. The summed E-state index contributed by atoms with van der Waals surface area (Å²) in [5.74, 6) is 0.104. The molecule has 2 N–H and O–H groups in total. The van der Waals surface area contributed by atoms with Crippen LogP contribution in [0.3, 0.4) is 0 Å². The SMILES string of the molecule is CC(N[C@@H](C)c1ccncc1)C(=O)NC1CCCC1. The molecule has 0 aromatic carbocycles. The second-order valence-electron chi connectivity index (χ2n) is 5.38. The van der Waals surface area contributed by atoms with Gasteiger partial charge >= 0.3 is 0 Å². The lowest BCUT2D eigenvalue weighted by molar-refractivity contribution is -0.123. The quantitative estimate of drug-likeness (QED) is 0.854. The molecule has 4 nitrogen and oxygen atoms in total. The van der Waals surface area contributed by atoms with Crippen LogP contribution in [0.15, 0.2) is 24.5 Å². The molecule has 0 radical (unpaired) electrons. The van der Waals surface area contributed by atoms with Gasteiger partial charge in [0.1, 0.15) is 0 Å². The van der Waals surface area contributed by atoms with E-state index in [1.54, 1.807) is 12.4 Å². The molecule has 0 bridgehead atoms. The molecule has 1 amide bonds. The Kier molecular flexibility index (Phi) is 4.91. The van der Waals surface area contributed by atoms with Crippen LogP contribution in [0.5, 0.6) is 0 Å². The Morgan fingerprint density at radius 2 is 1.89 bits per heavy atom. The molecule has 1 aliphatic rings. The number of pyridine rings is 1. The van der Waals surface area contributed by atoms with Crippen molar-refractivity contribution in [2.75, 3.05) is 0 Å². The van der Waals surface area contributed by atoms with Gasteiger partial charge in [0.05, 0.1) is 6.04 Å². The number of nitrogens with zero attached hydrogens (tertiary/aromatic N) is 1. The normalized spacial score (nSPS) is 19.1. The van der Waals surface area contributed by atoms with Crippen LogP contribution in [0, 0.1) is 0 Å². The second kappa shape index (κ2) is 6.66. The molecule has 1 fully saturated rings. The fourth-order valence-electron chi connectivity index (χ4n) is 2.60. The zero-order valence-electron chi connectivity index (χ0n) is 11.7. The van der Waals surface area contributed by atoms with E-state index in [-0.39, 0.29) is 18.0 Å². The predicted octanol–water partition coefficient (Wildman–Crippen LogP) is 2.18. The monoisotopic (exact) mass is 261 g/mol. The Labute approximate surface area is 115 Å². The van der Waals surface area contributed by atoms with Gasteiger partial charge in [0.25, 0.3) is 0 Å². The minimum absolute atomic E-state index is 0.104. The maximum Gasteiger partial charge on any atom is 0.237 e. The first-order chi connectivity index (χ1) is 9.16. The summed E-state index contributed by atoms with van der Waals surface area (Å²) in [4.78, 5) is 16.1. The van der Waals surface area contributed by atoms with Gasteiger partial charge in [-0.1, -0.05) is 12.8 Å². The van der Waals surface area contributed by atoms with E-state index in [0.717, 1.165) is 18.4 Å². The number of carbonyl (C=O) groups excluding carboxylic acids is 1. The number of carbonyl (C=O) groups is 1. The van der Waals surface area contributed by atoms with E-state index < -0.39 is 0 Å². The Morgan fingerprint density at radius 3 is 2.53 bits per heavy atom. The second-order valence-corrected chi connectivity index (χ2v) is 5.38. The van der Waals surface area contributed by atoms with Crippen molar-refractivity contribution in [3.8, 4) is 0 Å². The predicted molar refractivity (Wildman–Crippen MR) is 75.6 cm³/mol. The van der Waals surface area contributed by atoms with E-state index in [0.29, 0.717) is 6.04 Å². The molecule has 4 heteroatoms. The minimum Gasteiger partial charge on any atom is -0.352 e. The number of rotatable bonds is 5. The van der Waals surface area contributed by atoms with Gasteiger partial charge in [-0.05, 0) is 44.4 Å². The topological polar surface area (TPSA) is 54.0 Å². The highest BCUT2D eigenvalue weighted by Crippen LogP contribution is 2.18. The summed E-state index contributed by atoms with van der Waals surface area (Å²) < 4.78 is 0. The van der Waals surface area contributed by atoms with Gasteiger partial charge in [-0.3, -0.25) is 15.1 Å². The molecular formula is C15H23N3O. The first-order valence-corrected chi connectivity index (χ1v) is 7.13. The third-order valence-electron chi connectivity index (χ3n) is 3.80. The van der Waals surface area contributed by atoms with Crippen molar-refractivity contribution in [2.24, 2.45) is 0 Å². The first kappa shape index (κ1) is 14.0. The highest BCUT2D eigenvalue weighted by molar-refractivity contribution is 5.81. The first-order valence-electron chi connectivity index (χ1n) is 7.13. The van der Waals surface area contributed by atoms with Gasteiger partial charge in [-0.2, -0.15) is 0 Å². The maximum atomic E-state index is 12.1. The summed E-state index contributed by atoms with van der Waals surface area (Å²) in [7, 11) is 0. The average molecular weight is 261 g/mol. The van der Waals surface area contributed by atoms with Gasteiger partial charge in [-0.15, -0.1) is 0 Å². The Bertz CT molecular complexity index is 401. The van der Waals surface area contributed by atoms with Crippen LogP contribution >= 0.6 is 0 Å². The molecule has 1 unspecified atom stereocenters.